The van der Waals surface area contributed by atoms with Gasteiger partial charge in [-0.15, -0.1) is 0 Å². The van der Waals surface area contributed by atoms with Gasteiger partial charge in [0.2, 0.25) is 0 Å². The van der Waals surface area contributed by atoms with Gasteiger partial charge in [0.15, 0.2) is 0 Å². The van der Waals surface area contributed by atoms with Gasteiger partial charge < -0.3 is 4.74 Å². The van der Waals surface area contributed by atoms with Crippen LogP contribution in [-0.4, -0.2) is 15.9 Å². The number of alkyl halides is 5. The van der Waals surface area contributed by atoms with Crippen LogP contribution in [0.25, 0.3) is 0 Å². The third-order valence-electron chi connectivity index (χ3n) is 1.21. The van der Waals surface area contributed by atoms with Gasteiger partial charge in [-0.2, -0.15) is 17.6 Å². The van der Waals surface area contributed by atoms with Gasteiger partial charge in [-0.3, -0.25) is 4.98 Å². The van der Waals surface area contributed by atoms with Crippen LogP contribution < -0.4 is 4.74 Å². The van der Waals surface area contributed by atoms with Gasteiger partial charge in [0.1, 0.15) is 5.75 Å². The van der Waals surface area contributed by atoms with Gasteiger partial charge in [0, 0.05) is 22.1 Å². The number of hydrogen-bond donors (Lipinski definition) is 0. The molecule has 1 aromatic rings. The Kier molecular flexibility index (Phi) is 2.98. The molecule has 0 spiro atoms. The first kappa shape index (κ1) is 11.2. The molecule has 7 heteroatoms. The van der Waals surface area contributed by atoms with Crippen LogP contribution in [0.2, 0.25) is 0 Å². The molecule has 0 aromatic carbocycles. The second-order valence-electron chi connectivity index (χ2n) is 2.31. The summed E-state index contributed by atoms with van der Waals surface area (Å²) in [4.78, 5) is 3.47. The molecule has 0 aliphatic rings. The van der Waals surface area contributed by atoms with Gasteiger partial charge in [-0.25, -0.2) is 0 Å². The van der Waals surface area contributed by atoms with Crippen molar-refractivity contribution in [3.05, 3.63) is 24.5 Å². The summed E-state index contributed by atoms with van der Waals surface area (Å²) in [5.41, 5.74) is 0. The molecule has 78 valence electrons. The standard InChI is InChI=1S/C7H4BrF4NO/c8-6(9,7(10,11)12)14-5-2-1-3-13-4-5/h1-4H. The predicted octanol–water partition coefficient (Wildman–Crippen LogP) is 3.04. The van der Waals surface area contributed by atoms with Crippen LogP contribution in [0.1, 0.15) is 0 Å². The first-order chi connectivity index (χ1) is 6.33. The number of hydrogen-bond acceptors (Lipinski definition) is 2. The maximum absolute atomic E-state index is 12.8. The van der Waals surface area contributed by atoms with Crippen molar-refractivity contribution < 1.29 is 22.3 Å². The zero-order valence-electron chi connectivity index (χ0n) is 6.55. The smallest absolute Gasteiger partial charge is 0.440 e. The van der Waals surface area contributed by atoms with E-state index in [1.165, 1.54) is 12.3 Å². The Balaban J connectivity index is 2.79. The van der Waals surface area contributed by atoms with Gasteiger partial charge >= 0.3 is 10.9 Å². The molecule has 0 saturated carbocycles. The number of ether oxygens (including phenoxy) is 1. The Labute approximate surface area is 85.0 Å². The van der Waals surface area contributed by atoms with Crippen molar-refractivity contribution in [1.82, 2.24) is 4.98 Å². The highest BCUT2D eigenvalue weighted by Gasteiger charge is 2.57. The van der Waals surface area contributed by atoms with Gasteiger partial charge in [0.05, 0.1) is 6.20 Å². The van der Waals surface area contributed by atoms with Crippen LogP contribution in [0.4, 0.5) is 17.6 Å². The summed E-state index contributed by atoms with van der Waals surface area (Å²) in [5, 5.41) is 0. The Hall–Kier alpha value is -0.850. The minimum Gasteiger partial charge on any atom is -0.440 e. The van der Waals surface area contributed by atoms with E-state index < -0.39 is 10.9 Å². The molecule has 0 bridgehead atoms. The van der Waals surface area contributed by atoms with E-state index in [9.17, 15) is 17.6 Å². The predicted molar refractivity (Wildman–Crippen MR) is 43.7 cm³/mol. The molecular formula is C7H4BrF4NO. The third kappa shape index (κ3) is 2.57. The van der Waals surface area contributed by atoms with Gasteiger partial charge in [-0.1, -0.05) is 0 Å². The molecule has 0 N–H and O–H groups in total. The van der Waals surface area contributed by atoms with Crippen LogP contribution in [0, 0.1) is 0 Å². The molecule has 14 heavy (non-hydrogen) atoms. The summed E-state index contributed by atoms with van der Waals surface area (Å²) in [7, 11) is 0. The normalized spacial score (nSPS) is 16.1. The molecule has 0 aliphatic heterocycles. The zero-order chi connectivity index (χ0) is 10.8. The highest BCUT2D eigenvalue weighted by Crippen LogP contribution is 2.40. The summed E-state index contributed by atoms with van der Waals surface area (Å²) in [6.07, 6.45) is -2.85. The first-order valence-corrected chi connectivity index (χ1v) is 4.16. The largest absolute Gasteiger partial charge is 0.472 e. The van der Waals surface area contributed by atoms with Crippen molar-refractivity contribution in [3.8, 4) is 5.75 Å². The average molecular weight is 274 g/mol. The summed E-state index contributed by atoms with van der Waals surface area (Å²) in [6.45, 7) is 0. The number of halogens is 5. The summed E-state index contributed by atoms with van der Waals surface area (Å²) in [6, 6.07) is 2.49. The molecule has 0 aliphatic carbocycles. The Morgan fingerprint density at radius 1 is 1.29 bits per heavy atom. The maximum atomic E-state index is 12.8. The molecule has 1 aromatic heterocycles. The van der Waals surface area contributed by atoms with Crippen molar-refractivity contribution in [2.24, 2.45) is 0 Å². The number of nitrogens with zero attached hydrogens (tertiary/aromatic N) is 1. The summed E-state index contributed by atoms with van der Waals surface area (Å²) >= 11 is 1.80. The quantitative estimate of drug-likeness (QED) is 0.610. The van der Waals surface area contributed by atoms with Crippen LogP contribution in [0.15, 0.2) is 24.5 Å². The molecule has 1 heterocycles. The molecule has 0 saturated heterocycles. The second-order valence-corrected chi connectivity index (χ2v) is 3.33. The molecule has 1 unspecified atom stereocenters. The Morgan fingerprint density at radius 2 is 1.93 bits per heavy atom. The first-order valence-electron chi connectivity index (χ1n) is 3.36. The van der Waals surface area contributed by atoms with E-state index in [0.717, 1.165) is 12.3 Å². The summed E-state index contributed by atoms with van der Waals surface area (Å²) < 4.78 is 48.8. The highest BCUT2D eigenvalue weighted by atomic mass is 79.9. The highest BCUT2D eigenvalue weighted by molar-refractivity contribution is 9.10. The molecule has 0 fully saturated rings. The van der Waals surface area contributed by atoms with E-state index in [1.807, 2.05) is 0 Å². The minimum atomic E-state index is -5.15. The molecule has 0 amide bonds. The van der Waals surface area contributed by atoms with Crippen LogP contribution >= 0.6 is 15.9 Å². The van der Waals surface area contributed by atoms with E-state index in [2.05, 4.69) is 9.72 Å². The number of pyridine rings is 1. The third-order valence-corrected chi connectivity index (χ3v) is 1.82. The minimum absolute atomic E-state index is 0.316. The second kappa shape index (κ2) is 3.72. The maximum Gasteiger partial charge on any atom is 0.472 e. The number of rotatable bonds is 2. The van der Waals surface area contributed by atoms with Crippen LogP contribution in [0.3, 0.4) is 0 Å². The van der Waals surface area contributed by atoms with Crippen molar-refractivity contribution in [1.29, 1.82) is 0 Å². The van der Waals surface area contributed by atoms with Gasteiger partial charge in [0.25, 0.3) is 0 Å². The monoisotopic (exact) mass is 273 g/mol. The molecule has 1 rings (SSSR count). The van der Waals surface area contributed by atoms with Gasteiger partial charge in [-0.05, 0) is 12.1 Å². The fraction of sp³-hybridized carbons (Fsp3) is 0.286. The summed E-state index contributed by atoms with van der Waals surface area (Å²) in [5.74, 6) is -0.316. The molecule has 2 nitrogen and oxygen atoms in total. The van der Waals surface area contributed by atoms with Crippen LogP contribution in [-0.2, 0) is 0 Å². The fourth-order valence-electron chi connectivity index (χ4n) is 0.613. The zero-order valence-corrected chi connectivity index (χ0v) is 8.14. The lowest BCUT2D eigenvalue weighted by Crippen LogP contribution is -2.40. The van der Waals surface area contributed by atoms with Crippen LogP contribution in [0.5, 0.6) is 5.75 Å². The van der Waals surface area contributed by atoms with Crippen molar-refractivity contribution in [3.63, 3.8) is 0 Å². The van der Waals surface area contributed by atoms with E-state index in [-0.39, 0.29) is 5.75 Å². The lowest BCUT2D eigenvalue weighted by molar-refractivity contribution is -0.252. The van der Waals surface area contributed by atoms with Crippen molar-refractivity contribution in [2.75, 3.05) is 0 Å². The van der Waals surface area contributed by atoms with E-state index >= 15 is 0 Å². The average Bonchev–Trinajstić information content (AvgIpc) is 2.03. The lowest BCUT2D eigenvalue weighted by Gasteiger charge is -2.22. The SMILES string of the molecule is FC(F)(F)C(F)(Br)Oc1cccnc1. The number of aromatic nitrogens is 1. The molecule has 0 radical (unpaired) electrons. The Morgan fingerprint density at radius 3 is 2.36 bits per heavy atom. The Bertz CT molecular complexity index is 300. The van der Waals surface area contributed by atoms with E-state index in [0.29, 0.717) is 0 Å². The van der Waals surface area contributed by atoms with E-state index in [4.69, 9.17) is 0 Å². The van der Waals surface area contributed by atoms with E-state index in [1.54, 1.807) is 15.9 Å². The fourth-order valence-corrected chi connectivity index (χ4v) is 0.800. The topological polar surface area (TPSA) is 22.1 Å². The lowest BCUT2D eigenvalue weighted by atomic mass is 10.5. The van der Waals surface area contributed by atoms with Crippen molar-refractivity contribution in [2.45, 2.75) is 10.9 Å². The molecule has 1 atom stereocenters. The van der Waals surface area contributed by atoms with Crippen molar-refractivity contribution >= 4 is 15.9 Å². The molecular weight excluding hydrogens is 270 g/mol.